The molecule has 2 aromatic heterocycles. The number of alkyl halides is 6. The number of halogens is 6. The molecule has 15 heteroatoms. The number of nitrogens with zero attached hydrogens (tertiary/aromatic N) is 8. The molecule has 8 nitrogen and oxygen atoms in total. The first-order valence-electron chi connectivity index (χ1n) is 13.6. The van der Waals surface area contributed by atoms with Gasteiger partial charge < -0.3 is 0 Å². The molecule has 4 aromatic carbocycles. The fraction of sp³-hybridized carbons (Fsp3) is 0.0909. The van der Waals surface area contributed by atoms with E-state index in [1.54, 1.807) is 48.5 Å². The summed E-state index contributed by atoms with van der Waals surface area (Å²) in [4.78, 5) is 11.2. The van der Waals surface area contributed by atoms with Crippen molar-refractivity contribution in [2.45, 2.75) is 17.8 Å². The van der Waals surface area contributed by atoms with E-state index in [0.29, 0.717) is 20.5 Å². The Balaban J connectivity index is 0.00000401. The van der Waals surface area contributed by atoms with Gasteiger partial charge in [0.15, 0.2) is 11.6 Å². The number of fused-ring (bicyclic) bond motifs is 3. The summed E-state index contributed by atoms with van der Waals surface area (Å²) in [5.74, 6) is -4.14. The maximum atomic E-state index is 14.6. The summed E-state index contributed by atoms with van der Waals surface area (Å²) in [5.41, 5.74) is -1.13. The minimum Gasteiger partial charge on any atom is -0.265 e. The van der Waals surface area contributed by atoms with E-state index in [0.717, 1.165) is 12.1 Å². The second-order valence-electron chi connectivity index (χ2n) is 10.3. The molecule has 7 rings (SSSR count). The standard InChI is InChI=1S/C33H14F6N8.Pt/c1-41-20-9-7-11-22(17-20)47-30(33(37,38)39)43-28(45-47)31(25-14-4-2-12-23(25)24-13-3-5-15-26(24)31)27-42-29(32(34,35)36)46(44-27)21-10-6-8-19(16-21)18-40;/h2-9,12-17H;/q-2;+2. The maximum Gasteiger partial charge on any atom is 2.00 e. The van der Waals surface area contributed by atoms with Gasteiger partial charge in [-0.1, -0.05) is 59.8 Å². The van der Waals surface area contributed by atoms with Crippen LogP contribution in [0.2, 0.25) is 0 Å². The molecular formula is C33H14F6N8Pt. The summed E-state index contributed by atoms with van der Waals surface area (Å²) >= 11 is 0. The molecule has 0 atom stereocenters. The molecule has 1 aliphatic rings. The fourth-order valence-corrected chi connectivity index (χ4v) is 5.74. The molecular weight excluding hydrogens is 817 g/mol. The summed E-state index contributed by atoms with van der Waals surface area (Å²) in [6, 6.07) is 27.5. The van der Waals surface area contributed by atoms with Crippen LogP contribution in [0, 0.1) is 30.0 Å². The third-order valence-corrected chi connectivity index (χ3v) is 7.62. The predicted molar refractivity (Wildman–Crippen MR) is 152 cm³/mol. The van der Waals surface area contributed by atoms with Crippen LogP contribution in [-0.2, 0) is 38.8 Å². The molecule has 0 radical (unpaired) electrons. The zero-order chi connectivity index (χ0) is 33.1. The van der Waals surface area contributed by atoms with Gasteiger partial charge in [-0.3, -0.25) is 4.85 Å². The van der Waals surface area contributed by atoms with Crippen molar-refractivity contribution in [2.75, 3.05) is 0 Å². The van der Waals surface area contributed by atoms with Crippen molar-refractivity contribution in [3.63, 3.8) is 0 Å². The van der Waals surface area contributed by atoms with E-state index in [-0.39, 0.29) is 54.8 Å². The zero-order valence-corrected chi connectivity index (χ0v) is 26.0. The van der Waals surface area contributed by atoms with Crippen LogP contribution in [0.3, 0.4) is 0 Å². The Labute approximate surface area is 282 Å². The second kappa shape index (κ2) is 11.6. The maximum absolute atomic E-state index is 14.6. The molecule has 0 bridgehead atoms. The molecule has 238 valence electrons. The van der Waals surface area contributed by atoms with Crippen molar-refractivity contribution >= 4 is 5.69 Å². The molecule has 2 heterocycles. The van der Waals surface area contributed by atoms with Gasteiger partial charge >= 0.3 is 33.4 Å². The van der Waals surface area contributed by atoms with E-state index in [1.807, 2.05) is 6.07 Å². The third-order valence-electron chi connectivity index (χ3n) is 7.62. The van der Waals surface area contributed by atoms with Crippen molar-refractivity contribution in [1.82, 2.24) is 29.5 Å². The van der Waals surface area contributed by atoms with E-state index in [2.05, 4.69) is 37.1 Å². The molecule has 1 aliphatic carbocycles. The Bertz CT molecular complexity index is 2130. The summed E-state index contributed by atoms with van der Waals surface area (Å²) in [6.07, 6.45) is -10.2. The van der Waals surface area contributed by atoms with Gasteiger partial charge in [0.1, 0.15) is 5.41 Å². The van der Waals surface area contributed by atoms with E-state index in [1.165, 1.54) is 24.3 Å². The van der Waals surface area contributed by atoms with Crippen molar-refractivity contribution in [3.8, 4) is 28.6 Å². The molecule has 0 fully saturated rings. The van der Waals surface area contributed by atoms with E-state index in [4.69, 9.17) is 6.57 Å². The fourth-order valence-electron chi connectivity index (χ4n) is 5.74. The van der Waals surface area contributed by atoms with Gasteiger partial charge in [0.05, 0.1) is 18.3 Å². The molecule has 6 aromatic rings. The topological polar surface area (TPSA) is 89.6 Å². The summed E-state index contributed by atoms with van der Waals surface area (Å²) in [7, 11) is 0. The zero-order valence-electron chi connectivity index (χ0n) is 23.7. The van der Waals surface area contributed by atoms with Gasteiger partial charge in [-0.15, -0.1) is 12.1 Å². The molecule has 0 unspecified atom stereocenters. The van der Waals surface area contributed by atoms with Gasteiger partial charge in [0.25, 0.3) is 0 Å². The van der Waals surface area contributed by atoms with Crippen LogP contribution >= 0.6 is 0 Å². The van der Waals surface area contributed by atoms with Gasteiger partial charge in [0, 0.05) is 0 Å². The van der Waals surface area contributed by atoms with Crippen LogP contribution in [0.25, 0.3) is 27.3 Å². The van der Waals surface area contributed by atoms with Crippen LogP contribution in [-0.4, -0.2) is 29.5 Å². The number of rotatable bonds is 4. The quantitative estimate of drug-likeness (QED) is 0.138. The minimum absolute atomic E-state index is 0. The van der Waals surface area contributed by atoms with Crippen molar-refractivity contribution in [3.05, 3.63) is 148 Å². The average molecular weight is 832 g/mol. The first kappa shape index (κ1) is 32.4. The van der Waals surface area contributed by atoms with Crippen molar-refractivity contribution < 1.29 is 47.4 Å². The predicted octanol–water partition coefficient (Wildman–Crippen LogP) is 7.27. The Kier molecular flexibility index (Phi) is 7.81. The third kappa shape index (κ3) is 4.97. The molecule has 0 N–H and O–H groups in total. The molecule has 0 spiro atoms. The van der Waals surface area contributed by atoms with Gasteiger partial charge in [-0.2, -0.15) is 78.2 Å². The Morgan fingerprint density at radius 1 is 0.729 bits per heavy atom. The number of nitriles is 1. The normalized spacial score (nSPS) is 13.2. The van der Waals surface area contributed by atoms with Crippen LogP contribution in [0.5, 0.6) is 0 Å². The average Bonchev–Trinajstić information content (AvgIpc) is 3.79. The number of hydrogen-bond donors (Lipinski definition) is 0. The summed E-state index contributed by atoms with van der Waals surface area (Å²) < 4.78 is 88.8. The van der Waals surface area contributed by atoms with Crippen LogP contribution in [0.15, 0.2) is 84.9 Å². The SMILES string of the molecule is [C-]#[N+]c1cc[c-]c(-n2nc(C3(c4nc(C(F)(F)F)n(-c5[c-]ccc(C#N)c5)n4)c4ccccc4-c4ccccc43)nc2C(F)(F)F)c1.[Pt+2]. The monoisotopic (exact) mass is 831 g/mol. The number of hydrogen-bond acceptors (Lipinski definition) is 5. The summed E-state index contributed by atoms with van der Waals surface area (Å²) in [5, 5.41) is 17.9. The molecule has 0 amide bonds. The molecule has 48 heavy (non-hydrogen) atoms. The van der Waals surface area contributed by atoms with E-state index >= 15 is 0 Å². The number of benzene rings is 4. The minimum atomic E-state index is -5.10. The first-order valence-corrected chi connectivity index (χ1v) is 13.6. The van der Waals surface area contributed by atoms with Crippen LogP contribution < -0.4 is 0 Å². The van der Waals surface area contributed by atoms with Gasteiger partial charge in [-0.05, 0) is 27.9 Å². The molecule has 0 saturated carbocycles. The Hall–Kier alpha value is -5.59. The van der Waals surface area contributed by atoms with Crippen LogP contribution in [0.4, 0.5) is 32.0 Å². The number of aromatic nitrogens is 6. The Morgan fingerprint density at radius 2 is 1.21 bits per heavy atom. The Morgan fingerprint density at radius 3 is 1.69 bits per heavy atom. The smallest absolute Gasteiger partial charge is 0.265 e. The van der Waals surface area contributed by atoms with Crippen molar-refractivity contribution in [1.29, 1.82) is 5.26 Å². The summed E-state index contributed by atoms with van der Waals surface area (Å²) in [6.45, 7) is 7.31. The molecule has 0 saturated heterocycles. The molecule has 0 aliphatic heterocycles. The van der Waals surface area contributed by atoms with Gasteiger partial charge in [-0.25, -0.2) is 19.3 Å². The van der Waals surface area contributed by atoms with E-state index in [9.17, 15) is 31.6 Å². The largest absolute Gasteiger partial charge is 2.00 e. The second-order valence-corrected chi connectivity index (χ2v) is 10.3. The first-order chi connectivity index (χ1) is 22.5. The van der Waals surface area contributed by atoms with Crippen molar-refractivity contribution in [2.24, 2.45) is 0 Å². The van der Waals surface area contributed by atoms with Crippen LogP contribution in [0.1, 0.15) is 40.0 Å². The van der Waals surface area contributed by atoms with Gasteiger partial charge in [0.2, 0.25) is 11.6 Å². The van der Waals surface area contributed by atoms with E-state index < -0.39 is 41.1 Å².